The van der Waals surface area contributed by atoms with Crippen LogP contribution < -0.4 is 11.1 Å². The first kappa shape index (κ1) is 30.8. The number of esters is 1. The van der Waals surface area contributed by atoms with Gasteiger partial charge < -0.3 is 15.4 Å². The number of carbonyl (C=O) groups is 3. The number of anilines is 1. The van der Waals surface area contributed by atoms with Crippen LogP contribution >= 0.6 is 22.7 Å². The van der Waals surface area contributed by atoms with Crippen LogP contribution in [0.4, 0.5) is 18.6 Å². The summed E-state index contributed by atoms with van der Waals surface area (Å²) in [6.45, 7) is 11.1. The van der Waals surface area contributed by atoms with Gasteiger partial charge in [0.15, 0.2) is 6.54 Å². The van der Waals surface area contributed by atoms with Gasteiger partial charge in [-0.3, -0.25) is 10.1 Å². The Bertz CT molecular complexity index is 1450. The van der Waals surface area contributed by atoms with Gasteiger partial charge in [-0.25, -0.2) is 14.1 Å². The quantitative estimate of drug-likeness (QED) is 0.308. The third-order valence-electron chi connectivity index (χ3n) is 8.70. The van der Waals surface area contributed by atoms with Crippen molar-refractivity contribution in [1.29, 1.82) is 0 Å². The van der Waals surface area contributed by atoms with Gasteiger partial charge in [-0.2, -0.15) is 8.78 Å². The summed E-state index contributed by atoms with van der Waals surface area (Å²) < 4.78 is 36.7. The Balaban J connectivity index is 1.49. The number of halogens is 2. The lowest BCUT2D eigenvalue weighted by molar-refractivity contribution is -0.837. The lowest BCUT2D eigenvalue weighted by Crippen LogP contribution is -2.59. The summed E-state index contributed by atoms with van der Waals surface area (Å²) in [6, 6.07) is -1.30. The molecule has 1 unspecified atom stereocenters. The van der Waals surface area contributed by atoms with Gasteiger partial charge in [0.2, 0.25) is 5.91 Å². The molecule has 3 aliphatic rings. The molecular formula is C30H39F2N4O4S2+. The van der Waals surface area contributed by atoms with Gasteiger partial charge in [-0.15, -0.1) is 22.7 Å². The molecule has 0 fully saturated rings. The van der Waals surface area contributed by atoms with Gasteiger partial charge in [-0.05, 0) is 62.7 Å². The fourth-order valence-electron chi connectivity index (χ4n) is 6.22. The number of urea groups is 1. The Labute approximate surface area is 253 Å². The van der Waals surface area contributed by atoms with Gasteiger partial charge in [0.05, 0.1) is 29.6 Å². The Kier molecular flexibility index (Phi) is 8.38. The number of nitrogens with two attached hydrogens (primary N) is 1. The highest BCUT2D eigenvalue weighted by atomic mass is 32.1. The highest BCUT2D eigenvalue weighted by Gasteiger charge is 2.57. The summed E-state index contributed by atoms with van der Waals surface area (Å²) in [6.07, 6.45) is 3.84. The van der Waals surface area contributed by atoms with Crippen LogP contribution in [0.3, 0.4) is 0 Å². The average molecular weight is 622 g/mol. The second-order valence-corrected chi connectivity index (χ2v) is 14.1. The monoisotopic (exact) mass is 621 g/mol. The minimum absolute atomic E-state index is 0.0250. The van der Waals surface area contributed by atoms with Crippen LogP contribution in [0.1, 0.15) is 82.2 Å². The van der Waals surface area contributed by atoms with Crippen molar-refractivity contribution in [1.82, 2.24) is 4.90 Å². The third-order valence-corrected chi connectivity index (χ3v) is 11.3. The molecule has 42 heavy (non-hydrogen) atoms. The fraction of sp³-hybridized carbons (Fsp3) is 0.567. The zero-order chi connectivity index (χ0) is 30.6. The van der Waals surface area contributed by atoms with Crippen LogP contribution in [-0.2, 0) is 47.8 Å². The number of hydrogen-bond donors (Lipinski definition) is 2. The van der Waals surface area contributed by atoms with Crippen LogP contribution in [0.15, 0.2) is 12.3 Å². The number of carbonyl (C=O) groups excluding carboxylic acids is 3. The van der Waals surface area contributed by atoms with Crippen molar-refractivity contribution in [3.8, 4) is 0 Å². The van der Waals surface area contributed by atoms with E-state index in [2.05, 4.69) is 11.9 Å². The minimum Gasteiger partial charge on any atom is -0.462 e. The molecule has 0 bridgehead atoms. The third kappa shape index (κ3) is 5.20. The van der Waals surface area contributed by atoms with E-state index < -0.39 is 35.0 Å². The van der Waals surface area contributed by atoms with E-state index >= 15 is 8.78 Å². The highest BCUT2D eigenvalue weighted by Crippen LogP contribution is 2.50. The largest absolute Gasteiger partial charge is 0.462 e. The van der Waals surface area contributed by atoms with Crippen molar-refractivity contribution in [2.45, 2.75) is 84.9 Å². The minimum atomic E-state index is -3.30. The molecule has 0 saturated carbocycles. The van der Waals surface area contributed by atoms with E-state index in [1.165, 1.54) is 11.3 Å². The predicted molar refractivity (Wildman–Crippen MR) is 160 cm³/mol. The molecule has 8 nitrogen and oxygen atoms in total. The normalized spacial score (nSPS) is 21.7. The van der Waals surface area contributed by atoms with E-state index in [9.17, 15) is 14.4 Å². The first-order valence-corrected chi connectivity index (χ1v) is 16.2. The molecule has 12 heteroatoms. The van der Waals surface area contributed by atoms with E-state index in [1.807, 2.05) is 13.8 Å². The summed E-state index contributed by atoms with van der Waals surface area (Å²) >= 11 is 2.36. The number of amides is 3. The number of hydrogen-bond acceptors (Lipinski definition) is 7. The summed E-state index contributed by atoms with van der Waals surface area (Å²) in [4.78, 5) is 43.3. The Morgan fingerprint density at radius 2 is 1.83 bits per heavy atom. The van der Waals surface area contributed by atoms with Crippen molar-refractivity contribution >= 4 is 45.6 Å². The summed E-state index contributed by atoms with van der Waals surface area (Å²) in [5.74, 6) is -4.03. The Morgan fingerprint density at radius 1 is 1.12 bits per heavy atom. The van der Waals surface area contributed by atoms with Gasteiger partial charge in [0.1, 0.15) is 17.2 Å². The van der Waals surface area contributed by atoms with Crippen molar-refractivity contribution in [3.05, 3.63) is 49.2 Å². The number of fused-ring (bicyclic) bond motifs is 4. The van der Waals surface area contributed by atoms with Crippen LogP contribution in [0, 0.1) is 5.92 Å². The number of nitrogens with zero attached hydrogens (tertiary/aromatic N) is 2. The molecular weight excluding hydrogens is 582 g/mol. The molecule has 228 valence electrons. The summed E-state index contributed by atoms with van der Waals surface area (Å²) in [7, 11) is 0. The number of quaternary nitrogens is 1. The molecule has 0 saturated heterocycles. The zero-order valence-corrected chi connectivity index (χ0v) is 26.2. The second-order valence-electron chi connectivity index (χ2n) is 11.9. The standard InChI is InChI=1S/C30H38F2N4O4S2/c1-6-40-28(38)23-19-9-7-8-10-21(19)42-26(23)34-29(39)36(17(4)5)14-20-18-11-12-35(27(37)24(33)16(2)3)13-22(18)41-25(20)30(31,32)15-36/h16,24H,4,6-15,33H2,1-3,5H3/p+1/t24-,36?/m0/s1. The fourth-order valence-corrected chi connectivity index (χ4v) is 8.82. The summed E-state index contributed by atoms with van der Waals surface area (Å²) in [5.41, 5.74) is 8.85. The van der Waals surface area contributed by atoms with E-state index in [1.54, 1.807) is 18.7 Å². The molecule has 2 aromatic rings. The number of nitrogens with one attached hydrogen (secondary N) is 1. The lowest BCUT2D eigenvalue weighted by Gasteiger charge is -2.41. The molecule has 1 aliphatic carbocycles. The van der Waals surface area contributed by atoms with E-state index in [4.69, 9.17) is 10.5 Å². The van der Waals surface area contributed by atoms with Crippen molar-refractivity contribution in [3.63, 3.8) is 0 Å². The molecule has 3 N–H and O–H groups in total. The second kappa shape index (κ2) is 11.4. The van der Waals surface area contributed by atoms with Gasteiger partial charge in [0, 0.05) is 28.8 Å². The molecule has 5 rings (SSSR count). The predicted octanol–water partition coefficient (Wildman–Crippen LogP) is 5.92. The average Bonchev–Trinajstić information content (AvgIpc) is 3.49. The van der Waals surface area contributed by atoms with Crippen LogP contribution in [0.2, 0.25) is 0 Å². The maximum Gasteiger partial charge on any atom is 0.426 e. The van der Waals surface area contributed by atoms with E-state index in [-0.39, 0.29) is 42.1 Å². The van der Waals surface area contributed by atoms with Crippen molar-refractivity contribution in [2.24, 2.45) is 11.7 Å². The van der Waals surface area contributed by atoms with Gasteiger partial charge >= 0.3 is 17.9 Å². The first-order chi connectivity index (χ1) is 19.8. The van der Waals surface area contributed by atoms with Crippen molar-refractivity contribution < 1.29 is 32.4 Å². The van der Waals surface area contributed by atoms with Crippen LogP contribution in [0.5, 0.6) is 0 Å². The Hall–Kier alpha value is -2.67. The number of thiophene rings is 2. The van der Waals surface area contributed by atoms with Crippen LogP contribution in [0.25, 0.3) is 0 Å². The maximum atomic E-state index is 16.0. The highest BCUT2D eigenvalue weighted by molar-refractivity contribution is 7.17. The topological polar surface area (TPSA) is 102 Å². The van der Waals surface area contributed by atoms with E-state index in [0.717, 1.165) is 46.6 Å². The number of allylic oxidation sites excluding steroid dienone is 1. The SMILES string of the molecule is C=C(C)[N+]1(C(=O)Nc2sc3c(c2C(=O)OCC)CCCC3)Cc2c(sc3c2CCN(C(=O)[C@@H](N)C(C)C)C3)C(F)(F)C1. The number of aryl methyl sites for hydroxylation is 1. The molecule has 2 aliphatic heterocycles. The molecule has 3 amide bonds. The Morgan fingerprint density at radius 3 is 2.50 bits per heavy atom. The number of rotatable bonds is 6. The maximum absolute atomic E-state index is 16.0. The molecule has 2 aromatic heterocycles. The number of alkyl halides is 2. The molecule has 0 spiro atoms. The molecule has 4 heterocycles. The smallest absolute Gasteiger partial charge is 0.426 e. The van der Waals surface area contributed by atoms with Gasteiger partial charge in [-0.1, -0.05) is 13.8 Å². The van der Waals surface area contributed by atoms with E-state index in [0.29, 0.717) is 40.4 Å². The molecule has 2 atom stereocenters. The lowest BCUT2D eigenvalue weighted by atomic mass is 9.94. The van der Waals surface area contributed by atoms with Gasteiger partial charge in [0.25, 0.3) is 0 Å². The van der Waals surface area contributed by atoms with Crippen LogP contribution in [-0.4, -0.2) is 53.0 Å². The van der Waals surface area contributed by atoms with Crippen molar-refractivity contribution in [2.75, 3.05) is 25.0 Å². The summed E-state index contributed by atoms with van der Waals surface area (Å²) in [5, 5.41) is 3.23. The zero-order valence-electron chi connectivity index (χ0n) is 24.6. The molecule has 0 aromatic carbocycles. The first-order valence-electron chi connectivity index (χ1n) is 14.5. The number of ether oxygens (including phenoxy) is 1. The molecule has 0 radical (unpaired) electrons.